The van der Waals surface area contributed by atoms with E-state index in [9.17, 15) is 0 Å². The maximum atomic E-state index is 3.99. The lowest BCUT2D eigenvalue weighted by Gasteiger charge is -1.84. The fraction of sp³-hybridized carbons (Fsp3) is 0.250. The highest BCUT2D eigenvalue weighted by molar-refractivity contribution is 9.11. The molecule has 5 heteroatoms. The number of hydrogen-bond acceptors (Lipinski definition) is 3. The molecule has 0 aliphatic heterocycles. The number of nitrogens with one attached hydrogen (secondary N) is 1. The van der Waals surface area contributed by atoms with Crippen LogP contribution in [0, 0.1) is 0 Å². The highest BCUT2D eigenvalue weighted by atomic mass is 79.9. The minimum absolute atomic E-state index is 0. The van der Waals surface area contributed by atoms with E-state index in [2.05, 4.69) is 26.2 Å². The van der Waals surface area contributed by atoms with E-state index >= 15 is 0 Å². The summed E-state index contributed by atoms with van der Waals surface area (Å²) in [4.78, 5) is 3.99. The largest absolute Gasteiger partial charge is 0.365 e. The number of thiazole rings is 1. The number of halogens is 2. The molecule has 1 N–H and O–H groups in total. The zero-order chi connectivity index (χ0) is 5.98. The second-order valence-electron chi connectivity index (χ2n) is 1.22. The summed E-state index contributed by atoms with van der Waals surface area (Å²) in [5.41, 5.74) is 0. The summed E-state index contributed by atoms with van der Waals surface area (Å²) in [6, 6.07) is 0. The number of anilines is 1. The summed E-state index contributed by atoms with van der Waals surface area (Å²) in [5.74, 6) is 0. The van der Waals surface area contributed by atoms with Crippen molar-refractivity contribution in [1.29, 1.82) is 0 Å². The Morgan fingerprint density at radius 1 is 1.78 bits per heavy atom. The second kappa shape index (κ2) is 4.09. The summed E-state index contributed by atoms with van der Waals surface area (Å²) in [5, 5.41) is 3.87. The van der Waals surface area contributed by atoms with Gasteiger partial charge in [0.15, 0.2) is 5.13 Å². The SMILES string of the molecule is CNc1ncc(Br)s1.Cl. The third kappa shape index (κ3) is 2.51. The van der Waals surface area contributed by atoms with Crippen LogP contribution in [0.15, 0.2) is 9.98 Å². The molecule has 1 rings (SSSR count). The Bertz CT molecular complexity index is 179. The minimum Gasteiger partial charge on any atom is -0.365 e. The van der Waals surface area contributed by atoms with Gasteiger partial charge in [0.05, 0.1) is 9.98 Å². The molecule has 0 aliphatic carbocycles. The number of hydrogen-bond donors (Lipinski definition) is 1. The van der Waals surface area contributed by atoms with Gasteiger partial charge in [-0.1, -0.05) is 11.3 Å². The molecule has 0 bridgehead atoms. The van der Waals surface area contributed by atoms with E-state index in [1.54, 1.807) is 17.5 Å². The minimum atomic E-state index is 0. The molecule has 0 amide bonds. The van der Waals surface area contributed by atoms with Crippen LogP contribution >= 0.6 is 39.7 Å². The molecule has 1 aromatic rings. The Balaban J connectivity index is 0.000000640. The average Bonchev–Trinajstić information content (AvgIpc) is 2.14. The first-order chi connectivity index (χ1) is 3.83. The van der Waals surface area contributed by atoms with Gasteiger partial charge >= 0.3 is 0 Å². The normalized spacial score (nSPS) is 8.22. The monoisotopic (exact) mass is 228 g/mol. The number of aromatic nitrogens is 1. The number of nitrogens with zero attached hydrogens (tertiary/aromatic N) is 1. The Kier molecular flexibility index (Phi) is 4.18. The van der Waals surface area contributed by atoms with Crippen LogP contribution in [0.2, 0.25) is 0 Å². The molecule has 0 fully saturated rings. The van der Waals surface area contributed by atoms with Crippen molar-refractivity contribution in [3.8, 4) is 0 Å². The summed E-state index contributed by atoms with van der Waals surface area (Å²) >= 11 is 4.87. The van der Waals surface area contributed by atoms with Crippen LogP contribution in [0.3, 0.4) is 0 Å². The fourth-order valence-corrected chi connectivity index (χ4v) is 1.43. The summed E-state index contributed by atoms with van der Waals surface area (Å²) in [7, 11) is 1.85. The van der Waals surface area contributed by atoms with Crippen molar-refractivity contribution in [1.82, 2.24) is 4.98 Å². The average molecular weight is 230 g/mol. The molecular formula is C4H6BrClN2S. The molecule has 52 valence electrons. The van der Waals surface area contributed by atoms with Crippen molar-refractivity contribution >= 4 is 44.8 Å². The van der Waals surface area contributed by atoms with Gasteiger partial charge in [-0.05, 0) is 15.9 Å². The lowest BCUT2D eigenvalue weighted by Crippen LogP contribution is -1.83. The molecule has 0 unspecified atom stereocenters. The van der Waals surface area contributed by atoms with Crippen molar-refractivity contribution in [3.63, 3.8) is 0 Å². The standard InChI is InChI=1S/C4H5BrN2S.ClH/c1-6-4-7-2-3(5)8-4;/h2H,1H3,(H,6,7);1H. The van der Waals surface area contributed by atoms with Crippen LogP contribution in [-0.4, -0.2) is 12.0 Å². The predicted octanol–water partition coefficient (Wildman–Crippen LogP) is 2.37. The van der Waals surface area contributed by atoms with Crippen LogP contribution in [0.1, 0.15) is 0 Å². The molecule has 0 saturated carbocycles. The smallest absolute Gasteiger partial charge is 0.183 e. The first kappa shape index (κ1) is 9.20. The van der Waals surface area contributed by atoms with Crippen LogP contribution in [-0.2, 0) is 0 Å². The van der Waals surface area contributed by atoms with E-state index in [0.717, 1.165) is 8.92 Å². The molecule has 0 atom stereocenters. The fourth-order valence-electron chi connectivity index (χ4n) is 0.370. The molecule has 1 aromatic heterocycles. The van der Waals surface area contributed by atoms with E-state index in [0.29, 0.717) is 0 Å². The van der Waals surface area contributed by atoms with Crippen molar-refractivity contribution in [2.45, 2.75) is 0 Å². The van der Waals surface area contributed by atoms with Gasteiger partial charge in [-0.3, -0.25) is 0 Å². The van der Waals surface area contributed by atoms with Crippen molar-refractivity contribution in [2.24, 2.45) is 0 Å². The first-order valence-electron chi connectivity index (χ1n) is 2.12. The molecule has 0 aromatic carbocycles. The van der Waals surface area contributed by atoms with Gasteiger partial charge in [0.2, 0.25) is 0 Å². The van der Waals surface area contributed by atoms with Crippen LogP contribution in [0.25, 0.3) is 0 Å². The van der Waals surface area contributed by atoms with Crippen LogP contribution in [0.4, 0.5) is 5.13 Å². The molecule has 2 nitrogen and oxygen atoms in total. The van der Waals surface area contributed by atoms with Gasteiger partial charge < -0.3 is 5.32 Å². The van der Waals surface area contributed by atoms with Crippen molar-refractivity contribution < 1.29 is 0 Å². The Hall–Kier alpha value is 0.200. The molecule has 0 saturated heterocycles. The highest BCUT2D eigenvalue weighted by Crippen LogP contribution is 2.21. The quantitative estimate of drug-likeness (QED) is 0.800. The molecule has 0 aliphatic rings. The number of rotatable bonds is 1. The van der Waals surface area contributed by atoms with Gasteiger partial charge in [-0.25, -0.2) is 4.98 Å². The zero-order valence-corrected chi connectivity index (χ0v) is 7.94. The third-order valence-corrected chi connectivity index (χ3v) is 2.19. The second-order valence-corrected chi connectivity index (χ2v) is 3.63. The van der Waals surface area contributed by atoms with Crippen molar-refractivity contribution in [2.75, 3.05) is 12.4 Å². The lowest BCUT2D eigenvalue weighted by atomic mass is 11.0. The van der Waals surface area contributed by atoms with E-state index in [1.165, 1.54) is 0 Å². The molecule has 1 heterocycles. The van der Waals surface area contributed by atoms with Gasteiger partial charge in [0, 0.05) is 7.05 Å². The van der Waals surface area contributed by atoms with Crippen molar-refractivity contribution in [3.05, 3.63) is 9.98 Å². The Labute approximate surface area is 72.2 Å². The predicted molar refractivity (Wildman–Crippen MR) is 46.6 cm³/mol. The van der Waals surface area contributed by atoms with E-state index in [-0.39, 0.29) is 12.4 Å². The molecule has 0 spiro atoms. The van der Waals surface area contributed by atoms with Gasteiger partial charge in [-0.15, -0.1) is 12.4 Å². The topological polar surface area (TPSA) is 24.9 Å². The maximum Gasteiger partial charge on any atom is 0.183 e. The maximum absolute atomic E-state index is 3.99. The van der Waals surface area contributed by atoms with Gasteiger partial charge in [0.25, 0.3) is 0 Å². The van der Waals surface area contributed by atoms with E-state index in [4.69, 9.17) is 0 Å². The summed E-state index contributed by atoms with van der Waals surface area (Å²) < 4.78 is 1.06. The zero-order valence-electron chi connectivity index (χ0n) is 4.72. The Morgan fingerprint density at radius 2 is 2.44 bits per heavy atom. The molecule has 0 radical (unpaired) electrons. The molecule has 9 heavy (non-hydrogen) atoms. The van der Waals surface area contributed by atoms with E-state index in [1.807, 2.05) is 7.05 Å². The first-order valence-corrected chi connectivity index (χ1v) is 3.73. The lowest BCUT2D eigenvalue weighted by molar-refractivity contribution is 1.36. The summed E-state index contributed by atoms with van der Waals surface area (Å²) in [6.07, 6.45) is 1.77. The van der Waals surface area contributed by atoms with Gasteiger partial charge in [0.1, 0.15) is 0 Å². The summed E-state index contributed by atoms with van der Waals surface area (Å²) in [6.45, 7) is 0. The Morgan fingerprint density at radius 3 is 2.67 bits per heavy atom. The van der Waals surface area contributed by atoms with Crippen LogP contribution < -0.4 is 5.32 Å². The van der Waals surface area contributed by atoms with Gasteiger partial charge in [-0.2, -0.15) is 0 Å². The van der Waals surface area contributed by atoms with Crippen LogP contribution in [0.5, 0.6) is 0 Å². The van der Waals surface area contributed by atoms with E-state index < -0.39 is 0 Å². The molecular weight excluding hydrogens is 223 g/mol. The highest BCUT2D eigenvalue weighted by Gasteiger charge is 1.92. The third-order valence-electron chi connectivity index (χ3n) is 0.691.